The molecule has 12 rings (SSSR count). The number of carbonyl (C=O) groups excluding carboxylic acids is 3. The summed E-state index contributed by atoms with van der Waals surface area (Å²) in [6, 6.07) is 65.3. The molecule has 0 aliphatic rings. The van der Waals surface area contributed by atoms with Gasteiger partial charge in [-0.3, -0.25) is 46.8 Å². The predicted octanol–water partition coefficient (Wildman–Crippen LogP) is 17.0. The number of amides is 3. The van der Waals surface area contributed by atoms with Gasteiger partial charge < -0.3 is 35.3 Å². The zero-order valence-corrected chi connectivity index (χ0v) is 64.1. The first kappa shape index (κ1) is 81.4. The van der Waals surface area contributed by atoms with E-state index < -0.39 is 40.4 Å². The van der Waals surface area contributed by atoms with Gasteiger partial charge in [-0.05, 0) is 198 Å². The lowest BCUT2D eigenvalue weighted by Crippen LogP contribution is -2.20. The molecule has 0 unspecified atom stereocenters. The van der Waals surface area contributed by atoms with E-state index >= 15 is 0 Å². The van der Waals surface area contributed by atoms with Crippen LogP contribution in [0.25, 0.3) is 35.2 Å². The maximum atomic E-state index is 13.4. The number of carboxylic acids is 1. The highest BCUT2D eigenvalue weighted by Crippen LogP contribution is 2.33. The van der Waals surface area contributed by atoms with E-state index in [9.17, 15) is 44.6 Å². The quantitative estimate of drug-likeness (QED) is 0.0547. The van der Waals surface area contributed by atoms with Crippen molar-refractivity contribution in [1.82, 2.24) is 28.2 Å². The molecule has 0 fully saturated rings. The summed E-state index contributed by atoms with van der Waals surface area (Å²) in [6.07, 6.45) is 8.38. The van der Waals surface area contributed by atoms with Gasteiger partial charge in [0.1, 0.15) is 85.8 Å². The third-order valence-corrected chi connectivity index (χ3v) is 16.8. The zero-order valence-electron chi connectivity index (χ0n) is 64.1. The van der Waals surface area contributed by atoms with Crippen molar-refractivity contribution >= 4 is 75.9 Å². The van der Waals surface area contributed by atoms with Crippen LogP contribution in [0.3, 0.4) is 0 Å². The van der Waals surface area contributed by atoms with E-state index in [4.69, 9.17) is 24.1 Å². The summed E-state index contributed by atoms with van der Waals surface area (Å²) in [5.41, 5.74) is 6.79. The molecule has 12 aromatic rings. The number of carboxylic acid groups (broad SMARTS) is 1. The number of ether oxygens (including phenoxy) is 3. The number of rotatable bonds is 15. The highest BCUT2D eigenvalue weighted by molar-refractivity contribution is 6.11. The molecule has 6 aromatic heterocycles. The highest BCUT2D eigenvalue weighted by atomic mass is 16.5. The summed E-state index contributed by atoms with van der Waals surface area (Å²) >= 11 is 0. The smallest absolute Gasteiger partial charge is 0.300 e. The number of hydrogen-bond donors (Lipinski definition) is 4. The van der Waals surface area contributed by atoms with E-state index in [0.717, 1.165) is 40.3 Å². The van der Waals surface area contributed by atoms with Crippen LogP contribution in [0.1, 0.15) is 119 Å². The fourth-order valence-electron chi connectivity index (χ4n) is 10.9. The number of anilines is 3. The zero-order chi connectivity index (χ0) is 81.2. The Kier molecular flexibility index (Phi) is 26.1. The van der Waals surface area contributed by atoms with E-state index in [1.165, 1.54) is 31.4 Å². The van der Waals surface area contributed by atoms with Crippen molar-refractivity contribution in [3.05, 3.63) is 317 Å². The maximum Gasteiger partial charge on any atom is 0.300 e. The van der Waals surface area contributed by atoms with Crippen LogP contribution in [0.5, 0.6) is 34.9 Å². The molecule has 564 valence electrons. The summed E-state index contributed by atoms with van der Waals surface area (Å²) in [5.74, 6) is -1.29. The second-order valence-corrected chi connectivity index (χ2v) is 28.8. The number of aromatic nitrogens is 6. The minimum atomic E-state index is -0.833. The van der Waals surface area contributed by atoms with Gasteiger partial charge in [-0.2, -0.15) is 30.7 Å². The lowest BCUT2D eigenvalue weighted by atomic mass is 9.87. The Balaban J connectivity index is 0.000000188. The number of nitrogens with one attached hydrogen (secondary N) is 3. The van der Waals surface area contributed by atoms with Crippen molar-refractivity contribution in [2.24, 2.45) is 0 Å². The number of pyridine rings is 3. The lowest BCUT2D eigenvalue weighted by molar-refractivity contribution is -0.134. The Labute approximate surface area is 647 Å². The van der Waals surface area contributed by atoms with E-state index in [0.29, 0.717) is 51.3 Å². The third-order valence-electron chi connectivity index (χ3n) is 16.8. The molecule has 0 saturated heterocycles. The number of aliphatic carboxylic acids is 1. The van der Waals surface area contributed by atoms with Gasteiger partial charge in [-0.25, -0.2) is 0 Å². The van der Waals surface area contributed by atoms with E-state index in [1.54, 1.807) is 164 Å². The van der Waals surface area contributed by atoms with Crippen LogP contribution < -0.4 is 46.8 Å². The van der Waals surface area contributed by atoms with Crippen molar-refractivity contribution in [2.45, 2.75) is 106 Å². The Morgan fingerprint density at radius 2 is 0.625 bits per heavy atom. The second-order valence-electron chi connectivity index (χ2n) is 28.8. The van der Waals surface area contributed by atoms with Gasteiger partial charge in [0.25, 0.3) is 40.4 Å². The molecule has 112 heavy (non-hydrogen) atoms. The van der Waals surface area contributed by atoms with Gasteiger partial charge in [-0.1, -0.05) is 153 Å². The van der Waals surface area contributed by atoms with Crippen LogP contribution in [-0.4, -0.2) is 57.0 Å². The lowest BCUT2D eigenvalue weighted by Gasteiger charge is -2.19. The van der Waals surface area contributed by atoms with Gasteiger partial charge in [0.05, 0.1) is 0 Å². The fourth-order valence-corrected chi connectivity index (χ4v) is 10.9. The van der Waals surface area contributed by atoms with Gasteiger partial charge in [0.15, 0.2) is 0 Å². The summed E-state index contributed by atoms with van der Waals surface area (Å²) in [5, 5.41) is 44.7. The molecule has 0 radical (unpaired) electrons. The second kappa shape index (κ2) is 35.8. The fraction of sp³-hybridized carbons (Fsp3) is 0.180. The van der Waals surface area contributed by atoms with E-state index in [-0.39, 0.29) is 67.3 Å². The number of hydrogen-bond acceptors (Lipinski definition) is 16. The topological polar surface area (TPSA) is 327 Å². The molecule has 0 aliphatic carbocycles. The Morgan fingerprint density at radius 1 is 0.384 bits per heavy atom. The van der Waals surface area contributed by atoms with Gasteiger partial charge >= 0.3 is 0 Å². The molecule has 4 N–H and O–H groups in total. The number of aryl methyl sites for hydroxylation is 3. The van der Waals surface area contributed by atoms with Crippen LogP contribution in [0.2, 0.25) is 0 Å². The van der Waals surface area contributed by atoms with Crippen molar-refractivity contribution in [2.75, 3.05) is 16.0 Å². The van der Waals surface area contributed by atoms with Crippen molar-refractivity contribution in [3.8, 4) is 53.1 Å². The molecule has 0 bridgehead atoms. The maximum absolute atomic E-state index is 13.4. The van der Waals surface area contributed by atoms with Crippen LogP contribution in [0, 0.1) is 54.8 Å². The molecule has 0 spiro atoms. The van der Waals surface area contributed by atoms with Crippen LogP contribution in [-0.2, 0) is 35.4 Å². The number of benzene rings is 6. The summed E-state index contributed by atoms with van der Waals surface area (Å²) in [4.78, 5) is 101. The number of carbonyl (C=O) groups is 4. The van der Waals surface area contributed by atoms with Gasteiger partial charge in [0, 0.05) is 42.6 Å². The highest BCUT2D eigenvalue weighted by Gasteiger charge is 2.24. The molecule has 6 aromatic carbocycles. The predicted molar refractivity (Wildman–Crippen MR) is 434 cm³/mol. The average molecular weight is 1500 g/mol. The molecule has 6 heterocycles. The van der Waals surface area contributed by atoms with E-state index in [2.05, 4.69) is 93.2 Å². The number of nitrogens with zero attached hydrogens (tertiary/aromatic N) is 9. The van der Waals surface area contributed by atoms with Gasteiger partial charge in [-0.15, -0.1) is 0 Å². The monoisotopic (exact) mass is 1490 g/mol. The van der Waals surface area contributed by atoms with Gasteiger partial charge in [0.2, 0.25) is 17.6 Å². The number of fused-ring (bicyclic) bond motifs is 3. The Hall–Kier alpha value is -14.6. The average Bonchev–Trinajstić information content (AvgIpc) is 0.790. The summed E-state index contributed by atoms with van der Waals surface area (Å²) < 4.78 is 22.1. The first-order valence-corrected chi connectivity index (χ1v) is 35.3. The Bertz CT molecular complexity index is 5400. The van der Waals surface area contributed by atoms with Crippen LogP contribution in [0.4, 0.5) is 17.1 Å². The molecule has 0 atom stereocenters. The van der Waals surface area contributed by atoms with Crippen molar-refractivity contribution in [1.29, 1.82) is 15.8 Å². The third kappa shape index (κ3) is 21.6. The summed E-state index contributed by atoms with van der Waals surface area (Å²) in [6.45, 7) is 25.8. The van der Waals surface area contributed by atoms with Crippen LogP contribution >= 0.6 is 0 Å². The molecular weight excluding hydrogens is 1410 g/mol. The minimum absolute atomic E-state index is 0.00506. The Morgan fingerprint density at radius 3 is 0.839 bits per heavy atom. The minimum Gasteiger partial charge on any atom is -0.481 e. The van der Waals surface area contributed by atoms with Crippen molar-refractivity contribution in [3.63, 3.8) is 0 Å². The molecule has 23 nitrogen and oxygen atoms in total. The molecule has 0 aliphatic heterocycles. The SMILES string of the molecule is CC(=O)O.Cc1cccc(NC(=O)/C(C#N)=C/c2c(Oc3ccc(C(C)(C)C)cc3)nc3ccccn3c2=O)c1.Cc1cccc(NC(=O)/C(C#N)=C/c2c(Oc3ccc(C(C)(C)C)cc3)nc3ccccn3c2=O)c1.Cc1cccc(NC(=O)/C(C#N)=C/c2c(Oc3ccc(C(C)(C)C)cc3)nc3ccccn3c2=O)c1. The molecular formula is C89H82N12O11. The summed E-state index contributed by atoms with van der Waals surface area (Å²) in [7, 11) is 0. The molecule has 3 amide bonds. The number of nitriles is 3. The normalized spacial score (nSPS) is 11.5. The first-order valence-electron chi connectivity index (χ1n) is 35.3. The van der Waals surface area contributed by atoms with Crippen molar-refractivity contribution < 1.29 is 38.5 Å². The first-order chi connectivity index (χ1) is 53.2. The van der Waals surface area contributed by atoms with E-state index in [1.807, 2.05) is 93.6 Å². The largest absolute Gasteiger partial charge is 0.481 e. The van der Waals surface area contributed by atoms with Crippen LogP contribution in [0.15, 0.2) is 250 Å². The molecule has 0 saturated carbocycles. The standard InChI is InChI=1S/3C29H26N4O3.C2H4O2/c3*1-19-8-7-9-22(16-19)31-26(34)20(18-30)17-24-27(32-25-10-5-6-15-33(25)28(24)35)36-23-13-11-21(12-14-23)29(2,3)4;1-2(3)4/h3*5-17H,1-4H3,(H,31,34);1H3,(H,3,4)/b3*20-17+;. The molecule has 23 heteroatoms.